The SMILES string of the molecule is O=C(Cn1cnc2c(cnn2-c2ccc(F)cc2)c1=O)Nc1ccc(C(F)(F)F)cc1. The number of carbonyl (C=O) groups excluding carboxylic acids is 1. The van der Waals surface area contributed by atoms with E-state index in [2.05, 4.69) is 15.4 Å². The number of nitrogens with zero attached hydrogens (tertiary/aromatic N) is 4. The van der Waals surface area contributed by atoms with Gasteiger partial charge in [0.25, 0.3) is 5.56 Å². The fourth-order valence-electron chi connectivity index (χ4n) is 2.93. The van der Waals surface area contributed by atoms with Crippen molar-refractivity contribution < 1.29 is 22.4 Å². The van der Waals surface area contributed by atoms with Crippen LogP contribution >= 0.6 is 0 Å². The van der Waals surface area contributed by atoms with Gasteiger partial charge in [-0.1, -0.05) is 0 Å². The van der Waals surface area contributed by atoms with Gasteiger partial charge < -0.3 is 5.32 Å². The molecule has 2 aromatic heterocycles. The highest BCUT2D eigenvalue weighted by atomic mass is 19.4. The standard InChI is InChI=1S/C20H13F4N5O2/c21-13-3-7-15(8-4-13)29-18-16(9-26-29)19(31)28(11-25-18)10-17(30)27-14-5-1-12(2-6-14)20(22,23)24/h1-9,11H,10H2,(H,27,30). The maximum atomic E-state index is 13.1. The molecule has 0 atom stereocenters. The van der Waals surface area contributed by atoms with E-state index in [1.165, 1.54) is 41.5 Å². The summed E-state index contributed by atoms with van der Waals surface area (Å²) in [6.45, 7) is -0.398. The molecular formula is C20H13F4N5O2. The van der Waals surface area contributed by atoms with Crippen molar-refractivity contribution in [1.29, 1.82) is 0 Å². The first-order chi connectivity index (χ1) is 14.7. The van der Waals surface area contributed by atoms with Gasteiger partial charge in [0.1, 0.15) is 24.1 Å². The summed E-state index contributed by atoms with van der Waals surface area (Å²) in [5.41, 5.74) is -0.475. The highest BCUT2D eigenvalue weighted by Crippen LogP contribution is 2.29. The Hall–Kier alpha value is -4.02. The number of rotatable bonds is 4. The summed E-state index contributed by atoms with van der Waals surface area (Å²) in [6.07, 6.45) is -2.02. The molecule has 0 saturated heterocycles. The molecule has 0 fully saturated rings. The second-order valence-corrected chi connectivity index (χ2v) is 6.57. The van der Waals surface area contributed by atoms with E-state index in [1.807, 2.05) is 0 Å². The summed E-state index contributed by atoms with van der Waals surface area (Å²) < 4.78 is 53.4. The van der Waals surface area contributed by atoms with Crippen molar-refractivity contribution >= 4 is 22.6 Å². The average Bonchev–Trinajstić information content (AvgIpc) is 3.15. The van der Waals surface area contributed by atoms with Gasteiger partial charge in [-0.25, -0.2) is 14.1 Å². The molecule has 11 heteroatoms. The van der Waals surface area contributed by atoms with Crippen LogP contribution in [-0.2, 0) is 17.5 Å². The summed E-state index contributed by atoms with van der Waals surface area (Å²) in [7, 11) is 0. The van der Waals surface area contributed by atoms with Crippen molar-refractivity contribution in [2.45, 2.75) is 12.7 Å². The van der Waals surface area contributed by atoms with Crippen LogP contribution in [0.1, 0.15) is 5.56 Å². The molecule has 0 bridgehead atoms. The smallest absolute Gasteiger partial charge is 0.325 e. The number of aromatic nitrogens is 4. The summed E-state index contributed by atoms with van der Waals surface area (Å²) >= 11 is 0. The van der Waals surface area contributed by atoms with E-state index >= 15 is 0 Å². The van der Waals surface area contributed by atoms with Crippen LogP contribution in [-0.4, -0.2) is 25.2 Å². The van der Waals surface area contributed by atoms with Gasteiger partial charge >= 0.3 is 6.18 Å². The van der Waals surface area contributed by atoms with Crippen molar-refractivity contribution in [2.24, 2.45) is 0 Å². The van der Waals surface area contributed by atoms with Crippen LogP contribution in [0.5, 0.6) is 0 Å². The molecule has 2 aromatic carbocycles. The zero-order valence-electron chi connectivity index (χ0n) is 15.6. The van der Waals surface area contributed by atoms with Crippen LogP contribution in [0.2, 0.25) is 0 Å². The molecule has 0 aliphatic rings. The molecule has 0 spiro atoms. The quantitative estimate of drug-likeness (QED) is 0.503. The largest absolute Gasteiger partial charge is 0.416 e. The van der Waals surface area contributed by atoms with Crippen LogP contribution < -0.4 is 10.9 Å². The van der Waals surface area contributed by atoms with Gasteiger partial charge in [-0.15, -0.1) is 0 Å². The number of hydrogen-bond acceptors (Lipinski definition) is 4. The zero-order valence-corrected chi connectivity index (χ0v) is 15.6. The molecule has 2 heterocycles. The number of anilines is 1. The monoisotopic (exact) mass is 431 g/mol. The predicted octanol–water partition coefficient (Wildman–Crippen LogP) is 3.38. The van der Waals surface area contributed by atoms with Gasteiger partial charge in [-0.3, -0.25) is 14.2 Å². The molecule has 0 radical (unpaired) electrons. The second kappa shape index (κ2) is 7.67. The Morgan fingerprint density at radius 1 is 1.03 bits per heavy atom. The first kappa shape index (κ1) is 20.3. The molecule has 4 rings (SSSR count). The summed E-state index contributed by atoms with van der Waals surface area (Å²) in [5.74, 6) is -1.04. The lowest BCUT2D eigenvalue weighted by molar-refractivity contribution is -0.137. The molecule has 1 amide bonds. The molecule has 7 nitrogen and oxygen atoms in total. The minimum Gasteiger partial charge on any atom is -0.325 e. The lowest BCUT2D eigenvalue weighted by Gasteiger charge is -2.10. The fourth-order valence-corrected chi connectivity index (χ4v) is 2.93. The third-order valence-electron chi connectivity index (χ3n) is 4.44. The number of halogens is 4. The molecular weight excluding hydrogens is 418 g/mol. The van der Waals surface area contributed by atoms with E-state index in [-0.39, 0.29) is 16.7 Å². The molecule has 0 saturated carbocycles. The number of alkyl halides is 3. The Morgan fingerprint density at radius 2 is 1.71 bits per heavy atom. The Labute approximate surface area is 171 Å². The Bertz CT molecular complexity index is 1310. The van der Waals surface area contributed by atoms with E-state index in [1.54, 1.807) is 0 Å². The Morgan fingerprint density at radius 3 is 2.35 bits per heavy atom. The number of carbonyl (C=O) groups is 1. The number of hydrogen-bond donors (Lipinski definition) is 1. The van der Waals surface area contributed by atoms with Crippen LogP contribution in [0.3, 0.4) is 0 Å². The van der Waals surface area contributed by atoms with Gasteiger partial charge in [-0.2, -0.15) is 18.3 Å². The predicted molar refractivity (Wildman–Crippen MR) is 103 cm³/mol. The molecule has 0 aliphatic carbocycles. The summed E-state index contributed by atoms with van der Waals surface area (Å²) in [5, 5.41) is 6.68. The number of nitrogens with one attached hydrogen (secondary N) is 1. The maximum Gasteiger partial charge on any atom is 0.416 e. The second-order valence-electron chi connectivity index (χ2n) is 6.57. The summed E-state index contributed by atoms with van der Waals surface area (Å²) in [4.78, 5) is 29.1. The van der Waals surface area contributed by atoms with E-state index in [4.69, 9.17) is 0 Å². The Balaban J connectivity index is 1.53. The van der Waals surface area contributed by atoms with Crippen molar-refractivity contribution in [3.63, 3.8) is 0 Å². The average molecular weight is 431 g/mol. The fraction of sp³-hybridized carbons (Fsp3) is 0.100. The van der Waals surface area contributed by atoms with E-state index in [9.17, 15) is 27.2 Å². The van der Waals surface area contributed by atoms with E-state index < -0.39 is 35.6 Å². The normalized spacial score (nSPS) is 11.6. The van der Waals surface area contributed by atoms with Crippen molar-refractivity contribution in [2.75, 3.05) is 5.32 Å². The molecule has 1 N–H and O–H groups in total. The van der Waals surface area contributed by atoms with E-state index in [0.717, 1.165) is 28.8 Å². The van der Waals surface area contributed by atoms with Crippen molar-refractivity contribution in [3.8, 4) is 5.69 Å². The molecule has 31 heavy (non-hydrogen) atoms. The third-order valence-corrected chi connectivity index (χ3v) is 4.44. The highest BCUT2D eigenvalue weighted by Gasteiger charge is 2.30. The third kappa shape index (κ3) is 4.15. The van der Waals surface area contributed by atoms with Gasteiger partial charge in [0.2, 0.25) is 5.91 Å². The number of amides is 1. The van der Waals surface area contributed by atoms with Crippen LogP contribution in [0.25, 0.3) is 16.7 Å². The summed E-state index contributed by atoms with van der Waals surface area (Å²) in [6, 6.07) is 9.39. The molecule has 0 aliphatic heterocycles. The minimum atomic E-state index is -4.48. The van der Waals surface area contributed by atoms with Crippen LogP contribution in [0, 0.1) is 5.82 Å². The first-order valence-corrected chi connectivity index (χ1v) is 8.88. The Kier molecular flexibility index (Phi) is 5.01. The van der Waals surface area contributed by atoms with E-state index in [0.29, 0.717) is 5.69 Å². The van der Waals surface area contributed by atoms with Crippen molar-refractivity contribution in [1.82, 2.24) is 19.3 Å². The van der Waals surface area contributed by atoms with Gasteiger partial charge in [0.15, 0.2) is 5.65 Å². The van der Waals surface area contributed by atoms with Gasteiger partial charge in [0.05, 0.1) is 17.4 Å². The zero-order chi connectivity index (χ0) is 22.2. The van der Waals surface area contributed by atoms with Gasteiger partial charge in [-0.05, 0) is 48.5 Å². The van der Waals surface area contributed by atoms with Crippen LogP contribution in [0.4, 0.5) is 23.2 Å². The lowest BCUT2D eigenvalue weighted by atomic mass is 10.2. The molecule has 158 valence electrons. The number of fused-ring (bicyclic) bond motifs is 1. The minimum absolute atomic E-state index is 0.147. The molecule has 4 aromatic rings. The number of benzene rings is 2. The lowest BCUT2D eigenvalue weighted by Crippen LogP contribution is -2.27. The van der Waals surface area contributed by atoms with Crippen molar-refractivity contribution in [3.05, 3.63) is 82.8 Å². The van der Waals surface area contributed by atoms with Crippen LogP contribution in [0.15, 0.2) is 65.8 Å². The van der Waals surface area contributed by atoms with Gasteiger partial charge in [0, 0.05) is 5.69 Å². The maximum absolute atomic E-state index is 13.1. The molecule has 0 unspecified atom stereocenters. The topological polar surface area (TPSA) is 81.8 Å². The first-order valence-electron chi connectivity index (χ1n) is 8.88. The highest BCUT2D eigenvalue weighted by molar-refractivity contribution is 5.90.